The Hall–Kier alpha value is -2.64. The van der Waals surface area contributed by atoms with Gasteiger partial charge in [-0.15, -0.1) is 0 Å². The predicted molar refractivity (Wildman–Crippen MR) is 72.2 cm³/mol. The Kier molecular flexibility index (Phi) is 4.36. The second-order valence-corrected chi connectivity index (χ2v) is 4.78. The molecule has 0 bridgehead atoms. The quantitative estimate of drug-likeness (QED) is 0.783. The molecule has 0 spiro atoms. The predicted octanol–water partition coefficient (Wildman–Crippen LogP) is -0.482. The highest BCUT2D eigenvalue weighted by Crippen LogP contribution is 2.10. The summed E-state index contributed by atoms with van der Waals surface area (Å²) in [5.74, 6) is -1.50. The van der Waals surface area contributed by atoms with E-state index in [1.807, 2.05) is 0 Å². The van der Waals surface area contributed by atoms with Crippen LogP contribution in [0.4, 0.5) is 4.79 Å². The Balaban J connectivity index is 2.08. The summed E-state index contributed by atoms with van der Waals surface area (Å²) in [7, 11) is 1.56. The molecule has 0 aliphatic carbocycles. The zero-order chi connectivity index (χ0) is 15.4. The molecule has 2 N–H and O–H groups in total. The van der Waals surface area contributed by atoms with Gasteiger partial charge in [-0.1, -0.05) is 0 Å². The van der Waals surface area contributed by atoms with Crippen LogP contribution in [-0.2, 0) is 16.1 Å². The highest BCUT2D eigenvalue weighted by molar-refractivity contribution is 5.90. The number of carbonyl (C=O) groups is 3. The Morgan fingerprint density at radius 3 is 2.76 bits per heavy atom. The molecule has 1 unspecified atom stereocenters. The average Bonchev–Trinajstić information content (AvgIpc) is 2.47. The average molecular weight is 292 g/mol. The van der Waals surface area contributed by atoms with Crippen molar-refractivity contribution >= 4 is 17.9 Å². The fourth-order valence-electron chi connectivity index (χ4n) is 2.11. The third-order valence-electron chi connectivity index (χ3n) is 3.21. The van der Waals surface area contributed by atoms with Crippen LogP contribution in [0.3, 0.4) is 0 Å². The molecule has 1 aromatic heterocycles. The largest absolute Gasteiger partial charge is 0.480 e. The van der Waals surface area contributed by atoms with Crippen LogP contribution in [0.5, 0.6) is 0 Å². The Labute approximate surface area is 121 Å². The fourth-order valence-corrected chi connectivity index (χ4v) is 2.11. The Morgan fingerprint density at radius 1 is 1.48 bits per heavy atom. The molecule has 1 aliphatic rings. The summed E-state index contributed by atoms with van der Waals surface area (Å²) in [6, 6.07) is 1.99. The van der Waals surface area contributed by atoms with E-state index >= 15 is 0 Å². The van der Waals surface area contributed by atoms with E-state index in [-0.39, 0.29) is 19.0 Å². The molecule has 21 heavy (non-hydrogen) atoms. The van der Waals surface area contributed by atoms with Crippen LogP contribution in [0.25, 0.3) is 0 Å². The van der Waals surface area contributed by atoms with Crippen molar-refractivity contribution in [3.8, 4) is 0 Å². The molecule has 8 nitrogen and oxygen atoms in total. The maximum atomic E-state index is 12.4. The smallest absolute Gasteiger partial charge is 0.328 e. The van der Waals surface area contributed by atoms with Gasteiger partial charge in [0.2, 0.25) is 5.91 Å². The van der Waals surface area contributed by atoms with Gasteiger partial charge in [-0.2, -0.15) is 0 Å². The lowest BCUT2D eigenvalue weighted by atomic mass is 10.2. The van der Waals surface area contributed by atoms with E-state index < -0.39 is 18.0 Å². The van der Waals surface area contributed by atoms with Gasteiger partial charge in [0.05, 0.1) is 0 Å². The highest BCUT2D eigenvalue weighted by Gasteiger charge is 2.36. The third-order valence-corrected chi connectivity index (χ3v) is 3.21. The van der Waals surface area contributed by atoms with Crippen molar-refractivity contribution in [3.63, 3.8) is 0 Å². The zero-order valence-corrected chi connectivity index (χ0v) is 11.5. The van der Waals surface area contributed by atoms with Crippen molar-refractivity contribution < 1.29 is 19.5 Å². The lowest BCUT2D eigenvalue weighted by molar-refractivity contribution is -0.144. The fraction of sp³-hybridized carbons (Fsp3) is 0.385. The van der Waals surface area contributed by atoms with E-state index in [4.69, 9.17) is 5.11 Å². The SMILES string of the molecule is CN(Cc1ccncc1)C(=O)N1CC(=O)NCC1C(=O)O. The van der Waals surface area contributed by atoms with Crippen molar-refractivity contribution in [2.75, 3.05) is 20.1 Å². The molecule has 1 atom stereocenters. The highest BCUT2D eigenvalue weighted by atomic mass is 16.4. The second kappa shape index (κ2) is 6.21. The molecule has 0 saturated carbocycles. The van der Waals surface area contributed by atoms with Gasteiger partial charge < -0.3 is 15.3 Å². The lowest BCUT2D eigenvalue weighted by Gasteiger charge is -2.35. The molecule has 2 heterocycles. The zero-order valence-electron chi connectivity index (χ0n) is 11.5. The van der Waals surface area contributed by atoms with Crippen LogP contribution in [0.2, 0.25) is 0 Å². The Morgan fingerprint density at radius 2 is 2.14 bits per heavy atom. The van der Waals surface area contributed by atoms with Gasteiger partial charge in [-0.05, 0) is 17.7 Å². The third kappa shape index (κ3) is 3.47. The summed E-state index contributed by atoms with van der Waals surface area (Å²) in [4.78, 5) is 41.3. The number of pyridine rings is 1. The number of carboxylic acids is 1. The number of hydrogen-bond donors (Lipinski definition) is 2. The maximum Gasteiger partial charge on any atom is 0.328 e. The molecule has 1 aromatic rings. The molecule has 112 valence electrons. The minimum Gasteiger partial charge on any atom is -0.480 e. The van der Waals surface area contributed by atoms with Crippen LogP contribution >= 0.6 is 0 Å². The number of nitrogens with zero attached hydrogens (tertiary/aromatic N) is 3. The standard InChI is InChI=1S/C13H16N4O4/c1-16(7-9-2-4-14-5-3-9)13(21)17-8-11(18)15-6-10(17)12(19)20/h2-5,10H,6-8H2,1H3,(H,15,18)(H,19,20). The minimum atomic E-state index is -1.14. The number of aliphatic carboxylic acids is 1. The molecule has 0 aromatic carbocycles. The van der Waals surface area contributed by atoms with Crippen molar-refractivity contribution in [3.05, 3.63) is 30.1 Å². The molecule has 2 rings (SSSR count). The van der Waals surface area contributed by atoms with Gasteiger partial charge in [0, 0.05) is 32.5 Å². The molecular weight excluding hydrogens is 276 g/mol. The first-order valence-electron chi connectivity index (χ1n) is 6.39. The van der Waals surface area contributed by atoms with Gasteiger partial charge in [0.1, 0.15) is 12.6 Å². The van der Waals surface area contributed by atoms with Crippen molar-refractivity contribution in [1.29, 1.82) is 0 Å². The number of urea groups is 1. The molecule has 1 fully saturated rings. The summed E-state index contributed by atoms with van der Waals surface area (Å²) >= 11 is 0. The summed E-state index contributed by atoms with van der Waals surface area (Å²) in [6.45, 7) is -0.0225. The number of amides is 3. The van der Waals surface area contributed by atoms with Gasteiger partial charge in [-0.25, -0.2) is 9.59 Å². The Bertz CT molecular complexity index is 548. The van der Waals surface area contributed by atoms with Crippen molar-refractivity contribution in [1.82, 2.24) is 20.1 Å². The second-order valence-electron chi connectivity index (χ2n) is 4.78. The molecular formula is C13H16N4O4. The van der Waals surface area contributed by atoms with Gasteiger partial charge in [0.25, 0.3) is 0 Å². The van der Waals surface area contributed by atoms with E-state index in [1.165, 1.54) is 4.90 Å². The summed E-state index contributed by atoms with van der Waals surface area (Å²) in [5.41, 5.74) is 0.870. The maximum absolute atomic E-state index is 12.4. The minimum absolute atomic E-state index is 0.0804. The molecule has 8 heteroatoms. The number of aromatic nitrogens is 1. The summed E-state index contributed by atoms with van der Waals surface area (Å²) in [6.07, 6.45) is 3.23. The van der Waals surface area contributed by atoms with Crippen molar-refractivity contribution in [2.24, 2.45) is 0 Å². The monoisotopic (exact) mass is 292 g/mol. The van der Waals surface area contributed by atoms with Crippen LogP contribution in [0.1, 0.15) is 5.56 Å². The lowest BCUT2D eigenvalue weighted by Crippen LogP contribution is -2.61. The van der Waals surface area contributed by atoms with Crippen molar-refractivity contribution in [2.45, 2.75) is 12.6 Å². The van der Waals surface area contributed by atoms with Gasteiger partial charge >= 0.3 is 12.0 Å². The number of nitrogens with one attached hydrogen (secondary N) is 1. The first-order valence-corrected chi connectivity index (χ1v) is 6.39. The van der Waals surface area contributed by atoms with Crippen LogP contribution in [0, 0.1) is 0 Å². The van der Waals surface area contributed by atoms with E-state index in [9.17, 15) is 14.4 Å². The number of piperazine rings is 1. The van der Waals surface area contributed by atoms with E-state index in [0.717, 1.165) is 10.5 Å². The number of carbonyl (C=O) groups excluding carboxylic acids is 2. The number of rotatable bonds is 3. The summed E-state index contributed by atoms with van der Waals surface area (Å²) < 4.78 is 0. The van der Waals surface area contributed by atoms with E-state index in [1.54, 1.807) is 31.6 Å². The number of carboxylic acid groups (broad SMARTS) is 1. The molecule has 1 saturated heterocycles. The van der Waals surface area contributed by atoms with E-state index in [2.05, 4.69) is 10.3 Å². The topological polar surface area (TPSA) is 103 Å². The normalized spacial score (nSPS) is 18.0. The first-order chi connectivity index (χ1) is 9.99. The molecule has 3 amide bonds. The number of hydrogen-bond acceptors (Lipinski definition) is 4. The van der Waals surface area contributed by atoms with E-state index in [0.29, 0.717) is 6.54 Å². The molecule has 0 radical (unpaired) electrons. The first kappa shape index (κ1) is 14.8. The van der Waals surface area contributed by atoms with Crippen LogP contribution in [0.15, 0.2) is 24.5 Å². The summed E-state index contributed by atoms with van der Waals surface area (Å²) in [5, 5.41) is 11.6. The van der Waals surface area contributed by atoms with Gasteiger partial charge in [-0.3, -0.25) is 14.7 Å². The molecule has 1 aliphatic heterocycles. The van der Waals surface area contributed by atoms with Crippen LogP contribution in [-0.4, -0.2) is 64.0 Å². The van der Waals surface area contributed by atoms with Gasteiger partial charge in [0.15, 0.2) is 0 Å². The van der Waals surface area contributed by atoms with Crippen LogP contribution < -0.4 is 5.32 Å².